The zero-order valence-corrected chi connectivity index (χ0v) is 11.9. The van der Waals surface area contributed by atoms with Crippen LogP contribution in [0.3, 0.4) is 0 Å². The number of rotatable bonds is 3. The fraction of sp³-hybridized carbons (Fsp3) is 0.364. The molecule has 1 fully saturated rings. The number of carbonyl (C=O) groups excluding carboxylic acids is 1. The maximum absolute atomic E-state index is 12.1. The number of halogens is 1. The van der Waals surface area contributed by atoms with Gasteiger partial charge >= 0.3 is 0 Å². The van der Waals surface area contributed by atoms with Gasteiger partial charge < -0.3 is 5.32 Å². The molecule has 0 unspecified atom stereocenters. The third-order valence-electron chi connectivity index (χ3n) is 2.71. The van der Waals surface area contributed by atoms with Crippen LogP contribution in [0.15, 0.2) is 33.6 Å². The van der Waals surface area contributed by atoms with Crippen LogP contribution >= 0.6 is 15.9 Å². The molecule has 0 bridgehead atoms. The maximum Gasteiger partial charge on any atom is 0.242 e. The smallest absolute Gasteiger partial charge is 0.242 e. The van der Waals surface area contributed by atoms with Crippen LogP contribution in [-0.4, -0.2) is 26.9 Å². The summed E-state index contributed by atoms with van der Waals surface area (Å²) in [5.41, 5.74) is 0. The molecule has 2 N–H and O–H groups in total. The standard InChI is InChI=1S/C11H13BrN2O3S/c12-8-4-1-2-6-10(8)18(16,17)14-9-5-3-7-13-11(9)15/h1-2,4,6,9,14H,3,5,7H2,(H,13,15)/t9-/m0/s1. The minimum Gasteiger partial charge on any atom is -0.355 e. The van der Waals surface area contributed by atoms with Crippen LogP contribution in [0.25, 0.3) is 0 Å². The summed E-state index contributed by atoms with van der Waals surface area (Å²) in [6.07, 6.45) is 1.30. The zero-order valence-electron chi connectivity index (χ0n) is 9.52. The summed E-state index contributed by atoms with van der Waals surface area (Å²) in [6.45, 7) is 0.603. The van der Waals surface area contributed by atoms with Crippen LogP contribution in [0.4, 0.5) is 0 Å². The van der Waals surface area contributed by atoms with Crippen molar-refractivity contribution in [3.63, 3.8) is 0 Å². The normalized spacial score (nSPS) is 20.5. The van der Waals surface area contributed by atoms with Gasteiger partial charge in [0, 0.05) is 11.0 Å². The number of benzene rings is 1. The predicted molar refractivity (Wildman–Crippen MR) is 70.5 cm³/mol. The molecule has 5 nitrogen and oxygen atoms in total. The van der Waals surface area contributed by atoms with Crippen molar-refractivity contribution in [2.24, 2.45) is 0 Å². The molecule has 1 atom stereocenters. The molecule has 0 aromatic heterocycles. The van der Waals surface area contributed by atoms with Gasteiger partial charge in [0.15, 0.2) is 0 Å². The van der Waals surface area contributed by atoms with Crippen molar-refractivity contribution in [3.8, 4) is 0 Å². The Morgan fingerprint density at radius 2 is 2.06 bits per heavy atom. The minimum atomic E-state index is -3.68. The molecule has 1 saturated heterocycles. The zero-order chi connectivity index (χ0) is 13.2. The molecular weight excluding hydrogens is 320 g/mol. The number of sulfonamides is 1. The second-order valence-electron chi connectivity index (χ2n) is 4.04. The lowest BCUT2D eigenvalue weighted by Crippen LogP contribution is -2.50. The Morgan fingerprint density at radius 1 is 1.33 bits per heavy atom. The van der Waals surface area contributed by atoms with E-state index in [0.717, 1.165) is 6.42 Å². The molecule has 1 aliphatic heterocycles. The Labute approximate surface area is 114 Å². The number of nitrogens with one attached hydrogen (secondary N) is 2. The average molecular weight is 333 g/mol. The van der Waals surface area contributed by atoms with Crippen molar-refractivity contribution in [1.82, 2.24) is 10.0 Å². The summed E-state index contributed by atoms with van der Waals surface area (Å²) in [5, 5.41) is 2.64. The summed E-state index contributed by atoms with van der Waals surface area (Å²) in [7, 11) is -3.68. The quantitative estimate of drug-likeness (QED) is 0.867. The van der Waals surface area contributed by atoms with Crippen molar-refractivity contribution in [2.75, 3.05) is 6.54 Å². The van der Waals surface area contributed by atoms with E-state index in [1.165, 1.54) is 6.07 Å². The van der Waals surface area contributed by atoms with Gasteiger partial charge in [0.25, 0.3) is 0 Å². The first kappa shape index (κ1) is 13.5. The molecule has 0 aliphatic carbocycles. The van der Waals surface area contributed by atoms with E-state index in [-0.39, 0.29) is 10.8 Å². The van der Waals surface area contributed by atoms with E-state index in [9.17, 15) is 13.2 Å². The van der Waals surface area contributed by atoms with E-state index >= 15 is 0 Å². The van der Waals surface area contributed by atoms with Crippen molar-refractivity contribution in [3.05, 3.63) is 28.7 Å². The second kappa shape index (κ2) is 5.38. The molecule has 1 heterocycles. The molecule has 98 valence electrons. The third-order valence-corrected chi connectivity index (χ3v) is 5.19. The van der Waals surface area contributed by atoms with Crippen LogP contribution in [0, 0.1) is 0 Å². The summed E-state index contributed by atoms with van der Waals surface area (Å²) < 4.78 is 27.2. The lowest BCUT2D eigenvalue weighted by atomic mass is 10.1. The Kier molecular flexibility index (Phi) is 4.04. The summed E-state index contributed by atoms with van der Waals surface area (Å²) in [4.78, 5) is 11.7. The van der Waals surface area contributed by atoms with Gasteiger partial charge in [0.05, 0.1) is 4.90 Å². The van der Waals surface area contributed by atoms with Crippen LogP contribution < -0.4 is 10.0 Å². The summed E-state index contributed by atoms with van der Waals surface area (Å²) >= 11 is 3.19. The molecule has 0 saturated carbocycles. The van der Waals surface area contributed by atoms with Gasteiger partial charge in [-0.1, -0.05) is 12.1 Å². The van der Waals surface area contributed by atoms with Gasteiger partial charge in [-0.15, -0.1) is 0 Å². The molecule has 0 spiro atoms. The lowest BCUT2D eigenvalue weighted by Gasteiger charge is -2.22. The molecule has 7 heteroatoms. The van der Waals surface area contributed by atoms with Crippen molar-refractivity contribution in [2.45, 2.75) is 23.8 Å². The lowest BCUT2D eigenvalue weighted by molar-refractivity contribution is -0.124. The molecular formula is C11H13BrN2O3S. The highest BCUT2D eigenvalue weighted by molar-refractivity contribution is 9.10. The Bertz CT molecular complexity index is 559. The molecule has 0 radical (unpaired) electrons. The first-order chi connectivity index (χ1) is 8.50. The largest absolute Gasteiger partial charge is 0.355 e. The number of carbonyl (C=O) groups is 1. The third kappa shape index (κ3) is 2.90. The molecule has 1 aromatic carbocycles. The number of hydrogen-bond donors (Lipinski definition) is 2. The highest BCUT2D eigenvalue weighted by Gasteiger charge is 2.28. The van der Waals surface area contributed by atoms with E-state index in [4.69, 9.17) is 0 Å². The summed E-state index contributed by atoms with van der Waals surface area (Å²) in [6, 6.07) is 5.83. The van der Waals surface area contributed by atoms with Gasteiger partial charge in [-0.25, -0.2) is 8.42 Å². The van der Waals surface area contributed by atoms with Crippen LogP contribution in [0.2, 0.25) is 0 Å². The van der Waals surface area contributed by atoms with E-state index < -0.39 is 16.1 Å². The second-order valence-corrected chi connectivity index (χ2v) is 6.57. The average Bonchev–Trinajstić information content (AvgIpc) is 2.32. The fourth-order valence-corrected chi connectivity index (χ4v) is 4.03. The molecule has 1 aliphatic rings. The minimum absolute atomic E-state index is 0.142. The highest BCUT2D eigenvalue weighted by atomic mass is 79.9. The van der Waals surface area contributed by atoms with Crippen LogP contribution in [0.5, 0.6) is 0 Å². The Morgan fingerprint density at radius 3 is 2.72 bits per heavy atom. The first-order valence-corrected chi connectivity index (χ1v) is 7.83. The topological polar surface area (TPSA) is 75.3 Å². The summed E-state index contributed by atoms with van der Waals surface area (Å²) in [5.74, 6) is -0.267. The molecule has 18 heavy (non-hydrogen) atoms. The van der Waals surface area contributed by atoms with Crippen molar-refractivity contribution in [1.29, 1.82) is 0 Å². The van der Waals surface area contributed by atoms with Gasteiger partial charge in [-0.3, -0.25) is 4.79 Å². The van der Waals surface area contributed by atoms with Gasteiger partial charge in [-0.2, -0.15) is 4.72 Å². The van der Waals surface area contributed by atoms with Crippen molar-refractivity contribution < 1.29 is 13.2 Å². The van der Waals surface area contributed by atoms with E-state index in [0.29, 0.717) is 17.4 Å². The Hall–Kier alpha value is -0.920. The van der Waals surface area contributed by atoms with Gasteiger partial charge in [0.1, 0.15) is 6.04 Å². The van der Waals surface area contributed by atoms with Crippen LogP contribution in [0.1, 0.15) is 12.8 Å². The molecule has 2 rings (SSSR count). The fourth-order valence-electron chi connectivity index (χ4n) is 1.80. The number of hydrogen-bond acceptors (Lipinski definition) is 3. The van der Waals surface area contributed by atoms with E-state index in [2.05, 4.69) is 26.0 Å². The first-order valence-electron chi connectivity index (χ1n) is 5.55. The number of amides is 1. The van der Waals surface area contributed by atoms with Crippen LogP contribution in [-0.2, 0) is 14.8 Å². The maximum atomic E-state index is 12.1. The van der Waals surface area contributed by atoms with Gasteiger partial charge in [0.2, 0.25) is 15.9 Å². The Balaban J connectivity index is 2.22. The number of piperidine rings is 1. The highest BCUT2D eigenvalue weighted by Crippen LogP contribution is 2.21. The van der Waals surface area contributed by atoms with Gasteiger partial charge in [-0.05, 0) is 40.9 Å². The van der Waals surface area contributed by atoms with E-state index in [1.807, 2.05) is 0 Å². The predicted octanol–water partition coefficient (Wildman–Crippen LogP) is 1.01. The molecule has 1 amide bonds. The van der Waals surface area contributed by atoms with E-state index in [1.54, 1.807) is 18.2 Å². The van der Waals surface area contributed by atoms with Crippen molar-refractivity contribution >= 4 is 31.9 Å². The SMILES string of the molecule is O=C1NCCC[C@@H]1NS(=O)(=O)c1ccccc1Br. The monoisotopic (exact) mass is 332 g/mol. The molecule has 1 aromatic rings.